The van der Waals surface area contributed by atoms with Gasteiger partial charge in [0.2, 0.25) is 0 Å². The summed E-state index contributed by atoms with van der Waals surface area (Å²) in [4.78, 5) is 20.2. The maximum atomic E-state index is 11.8. The van der Waals surface area contributed by atoms with Gasteiger partial charge in [0.25, 0.3) is 5.69 Å². The average Bonchev–Trinajstić information content (AvgIpc) is 2.74. The van der Waals surface area contributed by atoms with Crippen molar-refractivity contribution in [2.75, 3.05) is 10.6 Å². The van der Waals surface area contributed by atoms with Crippen molar-refractivity contribution < 1.29 is 4.92 Å². The minimum Gasteiger partial charge on any atom is -0.377 e. The third-order valence-corrected chi connectivity index (χ3v) is 5.72. The second-order valence-electron chi connectivity index (χ2n) is 7.89. The van der Waals surface area contributed by atoms with Gasteiger partial charge in [-0.3, -0.25) is 10.1 Å². The van der Waals surface area contributed by atoms with E-state index >= 15 is 0 Å². The molecule has 0 unspecified atom stereocenters. The Morgan fingerprint density at radius 2 is 1.73 bits per heavy atom. The van der Waals surface area contributed by atoms with Crippen LogP contribution < -0.4 is 10.6 Å². The summed E-state index contributed by atoms with van der Waals surface area (Å²) in [5.74, 6) is 0.601. The van der Waals surface area contributed by atoms with E-state index in [2.05, 4.69) is 20.6 Å². The van der Waals surface area contributed by atoms with Crippen molar-refractivity contribution in [2.24, 2.45) is 0 Å². The average molecular weight is 406 g/mol. The molecule has 1 saturated carbocycles. The van der Waals surface area contributed by atoms with E-state index in [-0.39, 0.29) is 16.7 Å². The maximum Gasteiger partial charge on any atom is 0.293 e. The zero-order chi connectivity index (χ0) is 20.8. The topological polar surface area (TPSA) is 93.0 Å². The van der Waals surface area contributed by atoms with Crippen LogP contribution in [0.1, 0.15) is 50.5 Å². The molecule has 30 heavy (non-hydrogen) atoms. The molecule has 0 bridgehead atoms. The monoisotopic (exact) mass is 405 g/mol. The third-order valence-electron chi connectivity index (χ3n) is 5.72. The molecule has 0 atom stereocenters. The lowest BCUT2D eigenvalue weighted by Crippen LogP contribution is -2.21. The molecule has 1 aliphatic rings. The van der Waals surface area contributed by atoms with Gasteiger partial charge in [-0.15, -0.1) is 0 Å². The number of hydrogen-bond acceptors (Lipinski definition) is 6. The molecule has 4 rings (SSSR count). The number of rotatable bonds is 6. The van der Waals surface area contributed by atoms with E-state index in [1.807, 2.05) is 30.3 Å². The molecule has 0 spiro atoms. The van der Waals surface area contributed by atoms with Gasteiger partial charge in [-0.25, -0.2) is 9.97 Å². The van der Waals surface area contributed by atoms with Crippen molar-refractivity contribution in [1.82, 2.24) is 9.97 Å². The van der Waals surface area contributed by atoms with Crippen LogP contribution in [-0.2, 0) is 6.54 Å². The Labute approximate surface area is 176 Å². The Hall–Kier alpha value is -3.22. The number of nitrogens with one attached hydrogen (secondary N) is 2. The molecular formula is C23H27N5O2. The number of fused-ring (bicyclic) bond motifs is 1. The Morgan fingerprint density at radius 3 is 2.47 bits per heavy atom. The first-order chi connectivity index (χ1) is 14.7. The molecule has 1 aromatic heterocycles. The minimum atomic E-state index is -0.321. The summed E-state index contributed by atoms with van der Waals surface area (Å²) in [6.45, 7) is 0.586. The molecule has 1 heterocycles. The first-order valence-corrected chi connectivity index (χ1v) is 10.7. The van der Waals surface area contributed by atoms with Crippen LogP contribution in [0.25, 0.3) is 10.9 Å². The molecule has 3 aromatic rings. The summed E-state index contributed by atoms with van der Waals surface area (Å²) < 4.78 is 0. The van der Waals surface area contributed by atoms with Gasteiger partial charge in [-0.1, -0.05) is 62.4 Å². The van der Waals surface area contributed by atoms with Crippen LogP contribution in [-0.4, -0.2) is 20.9 Å². The predicted octanol–water partition coefficient (Wildman–Crippen LogP) is 5.67. The highest BCUT2D eigenvalue weighted by Gasteiger charge is 2.21. The molecule has 0 saturated heterocycles. The van der Waals surface area contributed by atoms with Gasteiger partial charge in [0.05, 0.1) is 10.4 Å². The first-order valence-electron chi connectivity index (χ1n) is 10.7. The fourth-order valence-electron chi connectivity index (χ4n) is 4.10. The second-order valence-corrected chi connectivity index (χ2v) is 7.89. The Bertz CT molecular complexity index is 1000. The maximum absolute atomic E-state index is 11.8. The van der Waals surface area contributed by atoms with Gasteiger partial charge in [0.1, 0.15) is 17.8 Å². The summed E-state index contributed by atoms with van der Waals surface area (Å²) in [7, 11) is 0. The summed E-state index contributed by atoms with van der Waals surface area (Å²) in [5, 5.41) is 19.2. The molecule has 156 valence electrons. The fraction of sp³-hybridized carbons (Fsp3) is 0.391. The normalized spacial score (nSPS) is 15.3. The molecular weight excluding hydrogens is 378 g/mol. The fourth-order valence-corrected chi connectivity index (χ4v) is 4.10. The van der Waals surface area contributed by atoms with Crippen molar-refractivity contribution in [1.29, 1.82) is 0 Å². The highest BCUT2D eigenvalue weighted by atomic mass is 16.6. The standard InChI is InChI=1S/C23H27N5O2/c29-28(30)22-13-19-20(14-21(22)27-18-11-7-2-1-3-8-12-18)25-16-26-23(19)24-15-17-9-5-4-6-10-17/h4-6,9-10,13-14,16,18,27H,1-3,7-8,11-12,15H2,(H,24,25,26). The highest BCUT2D eigenvalue weighted by molar-refractivity contribution is 5.94. The number of anilines is 2. The molecule has 1 fully saturated rings. The van der Waals surface area contributed by atoms with E-state index in [1.54, 1.807) is 12.1 Å². The van der Waals surface area contributed by atoms with Crippen molar-refractivity contribution in [3.63, 3.8) is 0 Å². The van der Waals surface area contributed by atoms with Crippen LogP contribution in [0.3, 0.4) is 0 Å². The Balaban J connectivity index is 1.62. The van der Waals surface area contributed by atoms with Crippen LogP contribution in [0.2, 0.25) is 0 Å². The minimum absolute atomic E-state index is 0.0714. The lowest BCUT2D eigenvalue weighted by atomic mass is 9.96. The van der Waals surface area contributed by atoms with Crippen molar-refractivity contribution in [3.05, 3.63) is 64.5 Å². The van der Waals surface area contributed by atoms with E-state index in [0.717, 1.165) is 31.2 Å². The van der Waals surface area contributed by atoms with Gasteiger partial charge in [-0.2, -0.15) is 0 Å². The summed E-state index contributed by atoms with van der Waals surface area (Å²) in [5.41, 5.74) is 2.42. The van der Waals surface area contributed by atoms with Gasteiger partial charge in [0.15, 0.2) is 0 Å². The van der Waals surface area contributed by atoms with E-state index < -0.39 is 0 Å². The number of aromatic nitrogens is 2. The summed E-state index contributed by atoms with van der Waals surface area (Å²) in [6.07, 6.45) is 9.68. The molecule has 7 nitrogen and oxygen atoms in total. The number of nitrogens with zero attached hydrogens (tertiary/aromatic N) is 3. The third kappa shape index (κ3) is 4.84. The second kappa shape index (κ2) is 9.52. The van der Waals surface area contributed by atoms with E-state index in [4.69, 9.17) is 0 Å². The van der Waals surface area contributed by atoms with Crippen molar-refractivity contribution >= 4 is 28.1 Å². The molecule has 2 N–H and O–H groups in total. The highest BCUT2D eigenvalue weighted by Crippen LogP contribution is 2.33. The Kier molecular flexibility index (Phi) is 6.37. The first kappa shape index (κ1) is 20.1. The van der Waals surface area contributed by atoms with Crippen LogP contribution >= 0.6 is 0 Å². The van der Waals surface area contributed by atoms with Crippen LogP contribution in [0, 0.1) is 10.1 Å². The van der Waals surface area contributed by atoms with Crippen LogP contribution in [0.15, 0.2) is 48.8 Å². The van der Waals surface area contributed by atoms with Gasteiger partial charge < -0.3 is 10.6 Å². The zero-order valence-corrected chi connectivity index (χ0v) is 17.0. The van der Waals surface area contributed by atoms with Crippen LogP contribution in [0.5, 0.6) is 0 Å². The van der Waals surface area contributed by atoms with Crippen molar-refractivity contribution in [3.8, 4) is 0 Å². The molecule has 0 radical (unpaired) electrons. The predicted molar refractivity (Wildman–Crippen MR) is 120 cm³/mol. The summed E-state index contributed by atoms with van der Waals surface area (Å²) in [6, 6.07) is 13.6. The number of nitro groups is 1. The molecule has 0 aliphatic heterocycles. The molecule has 0 amide bonds. The van der Waals surface area contributed by atoms with Gasteiger partial charge in [0, 0.05) is 24.0 Å². The number of hydrogen-bond donors (Lipinski definition) is 2. The van der Waals surface area contributed by atoms with E-state index in [0.29, 0.717) is 29.0 Å². The number of nitro benzene ring substituents is 1. The lowest BCUT2D eigenvalue weighted by Gasteiger charge is -2.22. The van der Waals surface area contributed by atoms with Crippen molar-refractivity contribution in [2.45, 2.75) is 57.5 Å². The van der Waals surface area contributed by atoms with E-state index in [9.17, 15) is 10.1 Å². The number of benzene rings is 2. The quantitative estimate of drug-likeness (QED) is 0.405. The molecule has 7 heteroatoms. The van der Waals surface area contributed by atoms with E-state index in [1.165, 1.54) is 25.6 Å². The SMILES string of the molecule is O=[N+]([O-])c1cc2c(NCc3ccccc3)ncnc2cc1NC1CCCCCCC1. The zero-order valence-electron chi connectivity index (χ0n) is 17.0. The summed E-state index contributed by atoms with van der Waals surface area (Å²) >= 11 is 0. The van der Waals surface area contributed by atoms with Gasteiger partial charge >= 0.3 is 0 Å². The smallest absolute Gasteiger partial charge is 0.293 e. The molecule has 1 aliphatic carbocycles. The lowest BCUT2D eigenvalue weighted by molar-refractivity contribution is -0.383. The molecule has 2 aromatic carbocycles. The van der Waals surface area contributed by atoms with Crippen LogP contribution in [0.4, 0.5) is 17.2 Å². The Morgan fingerprint density at radius 1 is 1.00 bits per heavy atom. The largest absolute Gasteiger partial charge is 0.377 e. The van der Waals surface area contributed by atoms with Gasteiger partial charge in [-0.05, 0) is 24.5 Å².